The lowest BCUT2D eigenvalue weighted by Gasteiger charge is -2.60. The third-order valence-corrected chi connectivity index (χ3v) is 9.65. The van der Waals surface area contributed by atoms with Crippen molar-refractivity contribution in [2.24, 2.45) is 34.5 Å². The molecule has 7 atom stereocenters. The lowest BCUT2D eigenvalue weighted by Crippen LogP contribution is -2.54. The van der Waals surface area contributed by atoms with Crippen molar-refractivity contribution in [1.29, 1.82) is 0 Å². The van der Waals surface area contributed by atoms with Gasteiger partial charge in [0, 0.05) is 18.3 Å². The van der Waals surface area contributed by atoms with Gasteiger partial charge in [-0.05, 0) is 86.2 Å². The van der Waals surface area contributed by atoms with Gasteiger partial charge < -0.3 is 4.74 Å². The van der Waals surface area contributed by atoms with Gasteiger partial charge in [0.15, 0.2) is 0 Å². The van der Waals surface area contributed by atoms with Crippen LogP contribution in [0.4, 0.5) is 0 Å². The molecule has 0 radical (unpaired) electrons. The molecule has 0 aliphatic heterocycles. The molecule has 0 saturated heterocycles. The Morgan fingerprint density at radius 1 is 0.931 bits per heavy atom. The van der Waals surface area contributed by atoms with Gasteiger partial charge >= 0.3 is 5.97 Å². The summed E-state index contributed by atoms with van der Waals surface area (Å²) in [4.78, 5) is 24.8. The van der Waals surface area contributed by atoms with Gasteiger partial charge in [0.1, 0.15) is 11.9 Å². The van der Waals surface area contributed by atoms with Crippen LogP contribution in [-0.4, -0.2) is 17.9 Å². The molecule has 0 amide bonds. The maximum absolute atomic E-state index is 12.7. The summed E-state index contributed by atoms with van der Waals surface area (Å²) in [7, 11) is 0. The van der Waals surface area contributed by atoms with Gasteiger partial charge in [-0.2, -0.15) is 0 Å². The number of hydrogen-bond acceptors (Lipinski definition) is 3. The number of fused-ring (bicyclic) bond motifs is 5. The predicted molar refractivity (Wildman–Crippen MR) is 112 cm³/mol. The fourth-order valence-corrected chi connectivity index (χ4v) is 7.96. The SMILES string of the molecule is C[C@]12CC[C@H]3[C@@H](CCC4CC(=O)CC[C@@]43C)[C@@H]1CC[C@@H]2OC(=O)c1ccccc1. The lowest BCUT2D eigenvalue weighted by molar-refractivity contribution is -0.142. The van der Waals surface area contributed by atoms with Crippen LogP contribution < -0.4 is 0 Å². The van der Waals surface area contributed by atoms with Gasteiger partial charge in [-0.25, -0.2) is 4.79 Å². The number of Topliss-reactive ketones (excluding diaryl/α,β-unsaturated/α-hetero) is 1. The highest BCUT2D eigenvalue weighted by atomic mass is 16.5. The lowest BCUT2D eigenvalue weighted by atomic mass is 9.45. The van der Waals surface area contributed by atoms with Crippen molar-refractivity contribution in [2.45, 2.75) is 77.7 Å². The minimum atomic E-state index is -0.166. The second kappa shape index (κ2) is 6.96. The highest BCUT2D eigenvalue weighted by molar-refractivity contribution is 5.89. The van der Waals surface area contributed by atoms with Crippen LogP contribution >= 0.6 is 0 Å². The predicted octanol–water partition coefficient (Wildman–Crippen LogP) is 5.82. The third-order valence-electron chi connectivity index (χ3n) is 9.65. The smallest absolute Gasteiger partial charge is 0.338 e. The van der Waals surface area contributed by atoms with Gasteiger partial charge in [0.2, 0.25) is 0 Å². The zero-order valence-electron chi connectivity index (χ0n) is 17.9. The minimum absolute atomic E-state index is 0.0413. The van der Waals surface area contributed by atoms with E-state index in [1.165, 1.54) is 25.7 Å². The van der Waals surface area contributed by atoms with Crippen molar-refractivity contribution in [2.75, 3.05) is 0 Å². The number of hydrogen-bond donors (Lipinski definition) is 0. The van der Waals surface area contributed by atoms with E-state index in [9.17, 15) is 9.59 Å². The summed E-state index contributed by atoms with van der Waals surface area (Å²) < 4.78 is 6.11. The number of rotatable bonds is 2. The molecule has 4 aliphatic carbocycles. The third kappa shape index (κ3) is 2.99. The number of carbonyl (C=O) groups is 2. The molecule has 4 fully saturated rings. The Hall–Kier alpha value is -1.64. The molecule has 0 N–H and O–H groups in total. The van der Waals surface area contributed by atoms with Crippen LogP contribution in [0.15, 0.2) is 30.3 Å². The van der Waals surface area contributed by atoms with Crippen LogP contribution in [0.2, 0.25) is 0 Å². The van der Waals surface area contributed by atoms with E-state index in [0.717, 1.165) is 43.9 Å². The summed E-state index contributed by atoms with van der Waals surface area (Å²) in [5.74, 6) is 3.06. The highest BCUT2D eigenvalue weighted by Crippen LogP contribution is 2.66. The zero-order chi connectivity index (χ0) is 20.2. The fraction of sp³-hybridized carbons (Fsp3) is 0.692. The van der Waals surface area contributed by atoms with E-state index in [0.29, 0.717) is 28.6 Å². The summed E-state index contributed by atoms with van der Waals surface area (Å²) in [6.07, 6.45) is 9.79. The van der Waals surface area contributed by atoms with Crippen molar-refractivity contribution >= 4 is 11.8 Å². The summed E-state index contributed by atoms with van der Waals surface area (Å²) in [6.45, 7) is 4.88. The molecular formula is C26H34O3. The molecule has 29 heavy (non-hydrogen) atoms. The Bertz CT molecular complexity index is 801. The Morgan fingerprint density at radius 2 is 1.69 bits per heavy atom. The Morgan fingerprint density at radius 3 is 2.48 bits per heavy atom. The molecule has 0 bridgehead atoms. The van der Waals surface area contributed by atoms with Crippen LogP contribution in [0.25, 0.3) is 0 Å². The van der Waals surface area contributed by atoms with E-state index in [2.05, 4.69) is 13.8 Å². The average Bonchev–Trinajstić information content (AvgIpc) is 3.05. The molecule has 1 unspecified atom stereocenters. The number of ether oxygens (including phenoxy) is 1. The molecule has 4 saturated carbocycles. The molecular weight excluding hydrogens is 360 g/mol. The van der Waals surface area contributed by atoms with Crippen molar-refractivity contribution in [3.63, 3.8) is 0 Å². The Balaban J connectivity index is 1.34. The normalized spacial score (nSPS) is 43.8. The van der Waals surface area contributed by atoms with Crippen LogP contribution in [0.1, 0.15) is 82.0 Å². The molecule has 3 heteroatoms. The molecule has 1 aromatic carbocycles. The van der Waals surface area contributed by atoms with Crippen LogP contribution in [0.5, 0.6) is 0 Å². The highest BCUT2D eigenvalue weighted by Gasteiger charge is 2.61. The van der Waals surface area contributed by atoms with Gasteiger partial charge in [0.05, 0.1) is 5.56 Å². The molecule has 0 spiro atoms. The fourth-order valence-electron chi connectivity index (χ4n) is 7.96. The van der Waals surface area contributed by atoms with E-state index in [1.807, 2.05) is 30.3 Å². The molecule has 0 heterocycles. The average molecular weight is 395 g/mol. The molecule has 156 valence electrons. The first-order valence-electron chi connectivity index (χ1n) is 11.7. The summed E-state index contributed by atoms with van der Waals surface area (Å²) in [5, 5.41) is 0. The van der Waals surface area contributed by atoms with Crippen molar-refractivity contribution in [1.82, 2.24) is 0 Å². The standard InChI is InChI=1S/C26H34O3/c1-25-14-12-19(27)16-18(25)8-9-20-21-10-11-23(26(21,2)15-13-22(20)25)29-24(28)17-6-4-3-5-7-17/h3-7,18,20-23H,8-16H2,1-2H3/t18?,20-,21-,22-,23-,25-,26-/m0/s1. The van der Waals surface area contributed by atoms with Crippen LogP contribution in [0, 0.1) is 34.5 Å². The summed E-state index contributed by atoms with van der Waals surface area (Å²) in [6, 6.07) is 9.42. The largest absolute Gasteiger partial charge is 0.458 e. The van der Waals surface area contributed by atoms with Crippen LogP contribution in [-0.2, 0) is 9.53 Å². The van der Waals surface area contributed by atoms with E-state index in [-0.39, 0.29) is 17.5 Å². The first kappa shape index (κ1) is 19.3. The van der Waals surface area contributed by atoms with E-state index >= 15 is 0 Å². The van der Waals surface area contributed by atoms with E-state index < -0.39 is 0 Å². The monoisotopic (exact) mass is 394 g/mol. The first-order chi connectivity index (χ1) is 13.9. The molecule has 1 aromatic rings. The number of esters is 1. The number of ketones is 1. The Labute approximate surface area is 174 Å². The molecule has 5 rings (SSSR count). The van der Waals surface area contributed by atoms with E-state index in [4.69, 9.17) is 4.74 Å². The summed E-state index contributed by atoms with van der Waals surface area (Å²) in [5.41, 5.74) is 1.11. The maximum atomic E-state index is 12.7. The number of benzene rings is 1. The van der Waals surface area contributed by atoms with Gasteiger partial charge in [0.25, 0.3) is 0 Å². The number of carbonyl (C=O) groups excluding carboxylic acids is 2. The zero-order valence-corrected chi connectivity index (χ0v) is 17.9. The van der Waals surface area contributed by atoms with Crippen molar-refractivity contribution in [3.05, 3.63) is 35.9 Å². The van der Waals surface area contributed by atoms with Gasteiger partial charge in [-0.3, -0.25) is 4.79 Å². The first-order valence-corrected chi connectivity index (χ1v) is 11.7. The maximum Gasteiger partial charge on any atom is 0.338 e. The van der Waals surface area contributed by atoms with Gasteiger partial charge in [-0.1, -0.05) is 32.0 Å². The second-order valence-corrected chi connectivity index (χ2v) is 10.8. The Kier molecular flexibility index (Phi) is 4.64. The summed E-state index contributed by atoms with van der Waals surface area (Å²) >= 11 is 0. The van der Waals surface area contributed by atoms with Crippen molar-refractivity contribution in [3.8, 4) is 0 Å². The quantitative estimate of drug-likeness (QED) is 0.593. The van der Waals surface area contributed by atoms with E-state index in [1.54, 1.807) is 0 Å². The van der Waals surface area contributed by atoms with Crippen LogP contribution in [0.3, 0.4) is 0 Å². The van der Waals surface area contributed by atoms with Gasteiger partial charge in [-0.15, -0.1) is 0 Å². The topological polar surface area (TPSA) is 43.4 Å². The van der Waals surface area contributed by atoms with Crippen molar-refractivity contribution < 1.29 is 14.3 Å². The molecule has 4 aliphatic rings. The molecule has 3 nitrogen and oxygen atoms in total. The minimum Gasteiger partial charge on any atom is -0.458 e. The second-order valence-electron chi connectivity index (χ2n) is 10.8. The molecule has 0 aromatic heterocycles.